The molecule has 8 heteroatoms. The number of nitrogens with zero attached hydrogens (tertiary/aromatic N) is 2. The molecule has 0 spiro atoms. The lowest BCUT2D eigenvalue weighted by Gasteiger charge is -2.35. The lowest BCUT2D eigenvalue weighted by atomic mass is 10.1. The molecular formula is C18H18F3N3O2. The second-order valence-corrected chi connectivity index (χ2v) is 6.51. The molecule has 1 aromatic carbocycles. The van der Waals surface area contributed by atoms with Crippen LogP contribution in [-0.2, 0) is 6.18 Å². The normalized spacial score (nSPS) is 11.8. The molecule has 138 valence electrons. The second kappa shape index (κ2) is 7.15. The standard InChI is InChI=1S/C18H18F3N3O2/c1-17(2,3)24(16(26)14-10-6-7-11-22-14)23-15(25)12-8-4-5-9-13(12)18(19,20)21/h4-11H,1-3H3,(H,23,25). The van der Waals surface area contributed by atoms with Gasteiger partial charge in [-0.3, -0.25) is 20.0 Å². The zero-order valence-electron chi connectivity index (χ0n) is 14.5. The highest BCUT2D eigenvalue weighted by molar-refractivity contribution is 5.99. The average Bonchev–Trinajstić information content (AvgIpc) is 2.58. The van der Waals surface area contributed by atoms with Gasteiger partial charge in [-0.05, 0) is 45.0 Å². The molecule has 0 saturated heterocycles. The quantitative estimate of drug-likeness (QED) is 0.826. The molecular weight excluding hydrogens is 347 g/mol. The number of hydrogen-bond donors (Lipinski definition) is 1. The van der Waals surface area contributed by atoms with E-state index in [2.05, 4.69) is 10.4 Å². The Morgan fingerprint density at radius 1 is 1.00 bits per heavy atom. The number of carbonyl (C=O) groups is 2. The van der Waals surface area contributed by atoms with Crippen molar-refractivity contribution in [1.29, 1.82) is 0 Å². The fraction of sp³-hybridized carbons (Fsp3) is 0.278. The minimum Gasteiger partial charge on any atom is -0.267 e. The van der Waals surface area contributed by atoms with Crippen LogP contribution in [0.15, 0.2) is 48.7 Å². The highest BCUT2D eigenvalue weighted by Gasteiger charge is 2.36. The van der Waals surface area contributed by atoms with Gasteiger partial charge in [0.05, 0.1) is 16.7 Å². The molecule has 0 aliphatic carbocycles. The van der Waals surface area contributed by atoms with Crippen LogP contribution >= 0.6 is 0 Å². The van der Waals surface area contributed by atoms with Crippen molar-refractivity contribution in [2.75, 3.05) is 0 Å². The third-order valence-corrected chi connectivity index (χ3v) is 3.45. The average molecular weight is 365 g/mol. The first-order chi connectivity index (χ1) is 12.0. The Kier molecular flexibility index (Phi) is 5.34. The van der Waals surface area contributed by atoms with E-state index in [1.165, 1.54) is 24.4 Å². The van der Waals surface area contributed by atoms with E-state index in [9.17, 15) is 22.8 Å². The first kappa shape index (κ1) is 19.4. The number of benzene rings is 1. The SMILES string of the molecule is CC(C)(C)N(NC(=O)c1ccccc1C(F)(F)F)C(=O)c1ccccn1. The number of pyridine rings is 1. The molecule has 2 rings (SSSR count). The Hall–Kier alpha value is -2.90. The summed E-state index contributed by atoms with van der Waals surface area (Å²) in [7, 11) is 0. The Morgan fingerprint density at radius 3 is 2.15 bits per heavy atom. The van der Waals surface area contributed by atoms with Crippen molar-refractivity contribution >= 4 is 11.8 Å². The molecule has 0 atom stereocenters. The van der Waals surface area contributed by atoms with E-state index in [1.54, 1.807) is 32.9 Å². The van der Waals surface area contributed by atoms with Gasteiger partial charge in [0.1, 0.15) is 5.69 Å². The first-order valence-electron chi connectivity index (χ1n) is 7.74. The van der Waals surface area contributed by atoms with Crippen molar-refractivity contribution in [3.8, 4) is 0 Å². The van der Waals surface area contributed by atoms with Crippen LogP contribution in [-0.4, -0.2) is 27.3 Å². The number of alkyl halides is 3. The zero-order chi connectivity index (χ0) is 19.5. The van der Waals surface area contributed by atoms with Gasteiger partial charge in [0.25, 0.3) is 11.8 Å². The van der Waals surface area contributed by atoms with Gasteiger partial charge in [-0.15, -0.1) is 0 Å². The first-order valence-corrected chi connectivity index (χ1v) is 7.74. The number of halogens is 3. The minimum atomic E-state index is -4.69. The van der Waals surface area contributed by atoms with Gasteiger partial charge in [0.2, 0.25) is 0 Å². The van der Waals surface area contributed by atoms with Gasteiger partial charge in [-0.1, -0.05) is 18.2 Å². The summed E-state index contributed by atoms with van der Waals surface area (Å²) in [5.74, 6) is -1.66. The summed E-state index contributed by atoms with van der Waals surface area (Å²) in [5.41, 5.74) is -0.180. The summed E-state index contributed by atoms with van der Waals surface area (Å²) in [4.78, 5) is 29.1. The van der Waals surface area contributed by atoms with Crippen molar-refractivity contribution in [3.05, 3.63) is 65.5 Å². The number of nitrogens with one attached hydrogen (secondary N) is 1. The Bertz CT molecular complexity index is 799. The van der Waals surface area contributed by atoms with E-state index >= 15 is 0 Å². The molecule has 5 nitrogen and oxygen atoms in total. The van der Waals surface area contributed by atoms with Gasteiger partial charge in [-0.25, -0.2) is 5.01 Å². The third kappa shape index (κ3) is 4.38. The van der Waals surface area contributed by atoms with Gasteiger partial charge in [0, 0.05) is 6.20 Å². The number of hydrazine groups is 1. The maximum Gasteiger partial charge on any atom is 0.417 e. The predicted molar refractivity (Wildman–Crippen MR) is 89.1 cm³/mol. The molecule has 0 aliphatic heterocycles. The Balaban J connectivity index is 2.36. The fourth-order valence-electron chi connectivity index (χ4n) is 2.22. The largest absolute Gasteiger partial charge is 0.417 e. The molecule has 0 unspecified atom stereocenters. The van der Waals surface area contributed by atoms with E-state index in [-0.39, 0.29) is 5.69 Å². The van der Waals surface area contributed by atoms with Crippen LogP contribution in [0.1, 0.15) is 47.2 Å². The van der Waals surface area contributed by atoms with Crippen LogP contribution in [0.2, 0.25) is 0 Å². The van der Waals surface area contributed by atoms with Crippen molar-refractivity contribution in [2.24, 2.45) is 0 Å². The van der Waals surface area contributed by atoms with E-state index in [0.29, 0.717) is 0 Å². The van der Waals surface area contributed by atoms with Gasteiger partial charge in [-0.2, -0.15) is 13.2 Å². The minimum absolute atomic E-state index is 0.0619. The summed E-state index contributed by atoms with van der Waals surface area (Å²) in [6, 6.07) is 9.07. The van der Waals surface area contributed by atoms with E-state index < -0.39 is 34.7 Å². The number of amides is 2. The van der Waals surface area contributed by atoms with E-state index in [4.69, 9.17) is 0 Å². The topological polar surface area (TPSA) is 62.3 Å². The van der Waals surface area contributed by atoms with Gasteiger partial charge < -0.3 is 0 Å². The van der Waals surface area contributed by atoms with Gasteiger partial charge >= 0.3 is 6.18 Å². The van der Waals surface area contributed by atoms with Crippen LogP contribution in [0.5, 0.6) is 0 Å². The highest BCUT2D eigenvalue weighted by atomic mass is 19.4. The fourth-order valence-corrected chi connectivity index (χ4v) is 2.22. The maximum absolute atomic E-state index is 13.1. The third-order valence-electron chi connectivity index (χ3n) is 3.45. The van der Waals surface area contributed by atoms with Crippen molar-refractivity contribution < 1.29 is 22.8 Å². The highest BCUT2D eigenvalue weighted by Crippen LogP contribution is 2.32. The van der Waals surface area contributed by atoms with E-state index in [0.717, 1.165) is 17.1 Å². The lowest BCUT2D eigenvalue weighted by Crippen LogP contribution is -2.56. The second-order valence-electron chi connectivity index (χ2n) is 6.51. The molecule has 0 bridgehead atoms. The number of hydrogen-bond acceptors (Lipinski definition) is 3. The Labute approximate surface area is 148 Å². The summed E-state index contributed by atoms with van der Waals surface area (Å²) in [6.07, 6.45) is -3.28. The van der Waals surface area contributed by atoms with Crippen LogP contribution in [0, 0.1) is 0 Å². The smallest absolute Gasteiger partial charge is 0.267 e. The summed E-state index contributed by atoms with van der Waals surface area (Å²) >= 11 is 0. The van der Waals surface area contributed by atoms with E-state index in [1.807, 2.05) is 0 Å². The zero-order valence-corrected chi connectivity index (χ0v) is 14.5. The monoisotopic (exact) mass is 365 g/mol. The molecule has 2 aromatic rings. The molecule has 0 fully saturated rings. The van der Waals surface area contributed by atoms with Crippen molar-refractivity contribution in [3.63, 3.8) is 0 Å². The van der Waals surface area contributed by atoms with Crippen molar-refractivity contribution in [2.45, 2.75) is 32.5 Å². The van der Waals surface area contributed by atoms with Crippen LogP contribution in [0.3, 0.4) is 0 Å². The summed E-state index contributed by atoms with van der Waals surface area (Å²) < 4.78 is 39.4. The summed E-state index contributed by atoms with van der Waals surface area (Å²) in [5, 5.41) is 0.977. The predicted octanol–water partition coefficient (Wildman–Crippen LogP) is 3.69. The van der Waals surface area contributed by atoms with Crippen LogP contribution in [0.25, 0.3) is 0 Å². The molecule has 2 amide bonds. The molecule has 1 aromatic heterocycles. The maximum atomic E-state index is 13.1. The molecule has 26 heavy (non-hydrogen) atoms. The molecule has 0 saturated carbocycles. The number of carbonyl (C=O) groups excluding carboxylic acids is 2. The number of rotatable bonds is 2. The molecule has 1 heterocycles. The number of aromatic nitrogens is 1. The molecule has 1 N–H and O–H groups in total. The lowest BCUT2D eigenvalue weighted by molar-refractivity contribution is -0.138. The van der Waals surface area contributed by atoms with Crippen LogP contribution in [0.4, 0.5) is 13.2 Å². The summed E-state index contributed by atoms with van der Waals surface area (Å²) in [6.45, 7) is 4.93. The van der Waals surface area contributed by atoms with Crippen molar-refractivity contribution in [1.82, 2.24) is 15.4 Å². The van der Waals surface area contributed by atoms with Crippen LogP contribution < -0.4 is 5.43 Å². The van der Waals surface area contributed by atoms with Gasteiger partial charge in [0.15, 0.2) is 0 Å². The molecule has 0 radical (unpaired) electrons. The Morgan fingerprint density at radius 2 is 1.62 bits per heavy atom. The molecule has 0 aliphatic rings.